The number of fused-ring (bicyclic) bond motifs is 2. The highest BCUT2D eigenvalue weighted by molar-refractivity contribution is 6.00. The Morgan fingerprint density at radius 1 is 1.00 bits per heavy atom. The number of carbonyl (C=O) groups is 2. The lowest BCUT2D eigenvalue weighted by Crippen LogP contribution is -2.51. The van der Waals surface area contributed by atoms with E-state index in [0.29, 0.717) is 49.6 Å². The molecule has 0 spiro atoms. The fourth-order valence-electron chi connectivity index (χ4n) is 5.46. The SMILES string of the molecule is O=C1CC(C(=O)N2CCCC3CCCCC32)CN1c1ccc2c(c1)OCCO2. The third-order valence-electron chi connectivity index (χ3n) is 6.84. The first-order chi connectivity index (χ1) is 13.7. The van der Waals surface area contributed by atoms with Crippen LogP contribution in [0.15, 0.2) is 18.2 Å². The van der Waals surface area contributed by atoms with Gasteiger partial charge in [-0.3, -0.25) is 9.59 Å². The average Bonchev–Trinajstić information content (AvgIpc) is 3.14. The Hall–Kier alpha value is -2.24. The van der Waals surface area contributed by atoms with Gasteiger partial charge in [-0.25, -0.2) is 0 Å². The second-order valence-electron chi connectivity index (χ2n) is 8.52. The van der Waals surface area contributed by atoms with Crippen molar-refractivity contribution in [1.29, 1.82) is 0 Å². The summed E-state index contributed by atoms with van der Waals surface area (Å²) < 4.78 is 11.2. The quantitative estimate of drug-likeness (QED) is 0.787. The van der Waals surface area contributed by atoms with E-state index in [1.807, 2.05) is 18.2 Å². The van der Waals surface area contributed by atoms with Crippen molar-refractivity contribution in [2.24, 2.45) is 11.8 Å². The van der Waals surface area contributed by atoms with Crippen LogP contribution in [0.2, 0.25) is 0 Å². The van der Waals surface area contributed by atoms with Gasteiger partial charge >= 0.3 is 0 Å². The first kappa shape index (κ1) is 17.8. The Kier molecular flexibility index (Phi) is 4.65. The molecule has 3 aliphatic heterocycles. The van der Waals surface area contributed by atoms with E-state index >= 15 is 0 Å². The molecule has 1 aromatic rings. The van der Waals surface area contributed by atoms with Crippen molar-refractivity contribution in [3.05, 3.63) is 18.2 Å². The van der Waals surface area contributed by atoms with Crippen molar-refractivity contribution in [3.8, 4) is 11.5 Å². The Labute approximate surface area is 165 Å². The van der Waals surface area contributed by atoms with Crippen molar-refractivity contribution in [3.63, 3.8) is 0 Å². The van der Waals surface area contributed by atoms with E-state index in [1.165, 1.54) is 25.7 Å². The highest BCUT2D eigenvalue weighted by atomic mass is 16.6. The largest absolute Gasteiger partial charge is 0.486 e. The maximum absolute atomic E-state index is 13.3. The summed E-state index contributed by atoms with van der Waals surface area (Å²) in [6, 6.07) is 5.99. The Balaban J connectivity index is 1.31. The first-order valence-electron chi connectivity index (χ1n) is 10.7. The van der Waals surface area contributed by atoms with Crippen LogP contribution in [0, 0.1) is 11.8 Å². The minimum Gasteiger partial charge on any atom is -0.486 e. The summed E-state index contributed by atoms with van der Waals surface area (Å²) >= 11 is 0. The van der Waals surface area contributed by atoms with Crippen LogP contribution in [0.1, 0.15) is 44.9 Å². The lowest BCUT2D eigenvalue weighted by molar-refractivity contribution is -0.142. The van der Waals surface area contributed by atoms with Crippen LogP contribution >= 0.6 is 0 Å². The molecule has 1 saturated carbocycles. The van der Waals surface area contributed by atoms with Crippen molar-refractivity contribution in [2.75, 3.05) is 31.2 Å². The van der Waals surface area contributed by atoms with E-state index in [0.717, 1.165) is 25.1 Å². The van der Waals surface area contributed by atoms with Gasteiger partial charge in [-0.2, -0.15) is 0 Å². The molecule has 3 heterocycles. The summed E-state index contributed by atoms with van der Waals surface area (Å²) in [4.78, 5) is 29.9. The molecule has 5 rings (SSSR count). The van der Waals surface area contributed by atoms with Crippen LogP contribution in [0.3, 0.4) is 0 Å². The van der Waals surface area contributed by atoms with Gasteiger partial charge in [0, 0.05) is 37.3 Å². The van der Waals surface area contributed by atoms with Crippen molar-refractivity contribution in [1.82, 2.24) is 4.90 Å². The molecule has 6 nitrogen and oxygen atoms in total. The van der Waals surface area contributed by atoms with Gasteiger partial charge in [0.15, 0.2) is 11.5 Å². The van der Waals surface area contributed by atoms with Gasteiger partial charge in [0.1, 0.15) is 13.2 Å². The zero-order chi connectivity index (χ0) is 19.1. The number of benzene rings is 1. The molecule has 2 amide bonds. The number of ether oxygens (including phenoxy) is 2. The highest BCUT2D eigenvalue weighted by Crippen LogP contribution is 2.39. The van der Waals surface area contributed by atoms with Crippen molar-refractivity contribution < 1.29 is 19.1 Å². The van der Waals surface area contributed by atoms with Crippen molar-refractivity contribution >= 4 is 17.5 Å². The Morgan fingerprint density at radius 3 is 2.68 bits per heavy atom. The van der Waals surface area contributed by atoms with Gasteiger partial charge in [-0.1, -0.05) is 12.8 Å². The zero-order valence-electron chi connectivity index (χ0n) is 16.3. The molecule has 2 saturated heterocycles. The van der Waals surface area contributed by atoms with Crippen LogP contribution in [-0.2, 0) is 9.59 Å². The third kappa shape index (κ3) is 3.12. The summed E-state index contributed by atoms with van der Waals surface area (Å²) in [6.07, 6.45) is 7.55. The minimum absolute atomic E-state index is 0.0206. The van der Waals surface area contributed by atoms with Gasteiger partial charge in [-0.05, 0) is 43.7 Å². The summed E-state index contributed by atoms with van der Waals surface area (Å²) in [5, 5.41) is 0. The molecule has 1 aliphatic carbocycles. The lowest BCUT2D eigenvalue weighted by Gasteiger charge is -2.45. The van der Waals surface area contributed by atoms with Crippen LogP contribution in [0.25, 0.3) is 0 Å². The third-order valence-corrected chi connectivity index (χ3v) is 6.84. The highest BCUT2D eigenvalue weighted by Gasteiger charge is 2.42. The number of hydrogen-bond acceptors (Lipinski definition) is 4. The molecular weight excluding hydrogens is 356 g/mol. The van der Waals surface area contributed by atoms with E-state index in [-0.39, 0.29) is 17.7 Å². The van der Waals surface area contributed by atoms with Gasteiger partial charge in [0.25, 0.3) is 0 Å². The number of anilines is 1. The van der Waals surface area contributed by atoms with Crippen molar-refractivity contribution in [2.45, 2.75) is 51.0 Å². The molecule has 0 aromatic heterocycles. The van der Waals surface area contributed by atoms with Gasteiger partial charge < -0.3 is 19.3 Å². The second kappa shape index (κ2) is 7.30. The van der Waals surface area contributed by atoms with Crippen LogP contribution in [0.5, 0.6) is 11.5 Å². The first-order valence-corrected chi connectivity index (χ1v) is 10.7. The maximum atomic E-state index is 13.3. The topological polar surface area (TPSA) is 59.1 Å². The number of rotatable bonds is 2. The van der Waals surface area contributed by atoms with Gasteiger partial charge in [-0.15, -0.1) is 0 Å². The summed E-state index contributed by atoms with van der Waals surface area (Å²) in [5.41, 5.74) is 0.790. The molecule has 6 heteroatoms. The molecular formula is C22H28N2O4. The fourth-order valence-corrected chi connectivity index (χ4v) is 5.46. The predicted octanol–water partition coefficient (Wildman–Crippen LogP) is 2.99. The summed E-state index contributed by atoms with van der Waals surface area (Å²) in [7, 11) is 0. The molecule has 3 unspecified atom stereocenters. The minimum atomic E-state index is -0.235. The average molecular weight is 384 g/mol. The van der Waals surface area contributed by atoms with E-state index in [2.05, 4.69) is 4.90 Å². The number of nitrogens with zero attached hydrogens (tertiary/aromatic N) is 2. The summed E-state index contributed by atoms with van der Waals surface area (Å²) in [6.45, 7) is 2.38. The maximum Gasteiger partial charge on any atom is 0.228 e. The van der Waals surface area contributed by atoms with Gasteiger partial charge in [0.2, 0.25) is 11.8 Å². The molecule has 3 atom stereocenters. The molecule has 0 N–H and O–H groups in total. The predicted molar refractivity (Wildman–Crippen MR) is 105 cm³/mol. The molecule has 150 valence electrons. The van der Waals surface area contributed by atoms with Crippen LogP contribution < -0.4 is 14.4 Å². The monoisotopic (exact) mass is 384 g/mol. The lowest BCUT2D eigenvalue weighted by atomic mass is 9.78. The van der Waals surface area contributed by atoms with E-state index in [4.69, 9.17) is 9.47 Å². The normalized spacial score (nSPS) is 29.6. The van der Waals surface area contributed by atoms with Crippen LogP contribution in [-0.4, -0.2) is 49.1 Å². The van der Waals surface area contributed by atoms with Gasteiger partial charge in [0.05, 0.1) is 5.92 Å². The summed E-state index contributed by atoms with van der Waals surface area (Å²) in [5.74, 6) is 2.02. The Bertz CT molecular complexity index is 778. The van der Waals surface area contributed by atoms with Crippen LogP contribution in [0.4, 0.5) is 5.69 Å². The number of piperidine rings is 1. The molecule has 4 aliphatic rings. The number of hydrogen-bond donors (Lipinski definition) is 0. The van der Waals surface area contributed by atoms with E-state index in [9.17, 15) is 9.59 Å². The smallest absolute Gasteiger partial charge is 0.228 e. The number of carbonyl (C=O) groups excluding carboxylic acids is 2. The standard InChI is InChI=1S/C22H28N2O4/c25-21-12-16(22(26)23-9-3-5-15-4-1-2-6-18(15)23)14-24(21)17-7-8-19-20(13-17)28-11-10-27-19/h7-8,13,15-16,18H,1-6,9-12,14H2. The zero-order valence-corrected chi connectivity index (χ0v) is 16.3. The molecule has 3 fully saturated rings. The second-order valence-corrected chi connectivity index (χ2v) is 8.52. The fraction of sp³-hybridized carbons (Fsp3) is 0.636. The molecule has 0 radical (unpaired) electrons. The molecule has 1 aromatic carbocycles. The molecule has 0 bridgehead atoms. The Morgan fingerprint density at radius 2 is 1.79 bits per heavy atom. The van der Waals surface area contributed by atoms with E-state index < -0.39 is 0 Å². The molecule has 28 heavy (non-hydrogen) atoms. The number of amides is 2. The van der Waals surface area contributed by atoms with E-state index in [1.54, 1.807) is 4.90 Å². The number of likely N-dealkylation sites (tertiary alicyclic amines) is 1.